The molecule has 1 aromatic carbocycles. The van der Waals surface area contributed by atoms with Crippen molar-refractivity contribution in [1.82, 2.24) is 20.9 Å². The number of Topliss-reactive ketones (excluding diaryl/α,β-unsaturated/α-hetero) is 1. The first-order valence-corrected chi connectivity index (χ1v) is 13.7. The zero-order valence-electron chi connectivity index (χ0n) is 21.4. The number of carbonyl (C=O) groups is 3. The van der Waals surface area contributed by atoms with Gasteiger partial charge in [-0.3, -0.25) is 20.4 Å². The third-order valence-electron chi connectivity index (χ3n) is 7.23. The molecule has 6 rings (SSSR count). The molecule has 2 atom stereocenters. The van der Waals surface area contributed by atoms with E-state index in [2.05, 4.69) is 26.4 Å². The van der Waals surface area contributed by atoms with E-state index in [4.69, 9.17) is 9.47 Å². The molecule has 4 aliphatic rings. The number of amides is 3. The van der Waals surface area contributed by atoms with Crippen molar-refractivity contribution in [2.75, 3.05) is 51.9 Å². The fourth-order valence-electron chi connectivity index (χ4n) is 5.37. The van der Waals surface area contributed by atoms with Gasteiger partial charge < -0.3 is 14.8 Å². The number of carbonyl (C=O) groups excluding carboxylic acids is 3. The SMILES string of the molecule is COC[C@H]1CCCN1NC(=O)c1ccc(C2=C3C(=O)c4c(NC(=O)NN5CCOCC5)cccc4C3N=N2)s1. The van der Waals surface area contributed by atoms with E-state index in [1.807, 2.05) is 11.1 Å². The number of hydrogen-bond acceptors (Lipinski definition) is 10. The summed E-state index contributed by atoms with van der Waals surface area (Å²) in [6, 6.07) is 8.05. The third kappa shape index (κ3) is 4.99. The van der Waals surface area contributed by atoms with Crippen LogP contribution in [0.2, 0.25) is 0 Å². The maximum absolute atomic E-state index is 13.7. The normalized spacial score (nSPS) is 22.7. The Kier molecular flexibility index (Phi) is 7.23. The molecule has 0 radical (unpaired) electrons. The Morgan fingerprint density at radius 3 is 2.82 bits per heavy atom. The van der Waals surface area contributed by atoms with E-state index >= 15 is 0 Å². The van der Waals surface area contributed by atoms with Crippen molar-refractivity contribution in [3.05, 3.63) is 56.8 Å². The molecule has 39 heavy (non-hydrogen) atoms. The summed E-state index contributed by atoms with van der Waals surface area (Å²) in [5, 5.41) is 15.3. The van der Waals surface area contributed by atoms with Crippen molar-refractivity contribution in [3.63, 3.8) is 0 Å². The van der Waals surface area contributed by atoms with Crippen LogP contribution < -0.4 is 16.2 Å². The van der Waals surface area contributed by atoms with E-state index in [0.29, 0.717) is 70.7 Å². The lowest BCUT2D eigenvalue weighted by Gasteiger charge is -2.27. The molecule has 12 nitrogen and oxygen atoms in total. The van der Waals surface area contributed by atoms with Crippen LogP contribution in [0.5, 0.6) is 0 Å². The van der Waals surface area contributed by atoms with Gasteiger partial charge in [0.25, 0.3) is 5.91 Å². The van der Waals surface area contributed by atoms with Gasteiger partial charge in [-0.1, -0.05) is 12.1 Å². The number of rotatable bonds is 7. The molecule has 3 N–H and O–H groups in total. The molecule has 4 heterocycles. The first-order chi connectivity index (χ1) is 19.0. The summed E-state index contributed by atoms with van der Waals surface area (Å²) in [6.45, 7) is 3.60. The molecule has 1 unspecified atom stereocenters. The molecule has 3 aliphatic heterocycles. The summed E-state index contributed by atoms with van der Waals surface area (Å²) in [7, 11) is 1.66. The Balaban J connectivity index is 1.19. The minimum Gasteiger partial charge on any atom is -0.383 e. The highest BCUT2D eigenvalue weighted by Gasteiger charge is 2.42. The summed E-state index contributed by atoms with van der Waals surface area (Å²) < 4.78 is 10.6. The zero-order chi connectivity index (χ0) is 26.9. The van der Waals surface area contributed by atoms with Crippen molar-refractivity contribution in [2.24, 2.45) is 10.2 Å². The Morgan fingerprint density at radius 1 is 1.15 bits per heavy atom. The van der Waals surface area contributed by atoms with Gasteiger partial charge in [-0.15, -0.1) is 11.3 Å². The van der Waals surface area contributed by atoms with Gasteiger partial charge in [0.1, 0.15) is 11.7 Å². The second-order valence-electron chi connectivity index (χ2n) is 9.69. The molecule has 2 aromatic rings. The van der Waals surface area contributed by atoms with E-state index in [1.54, 1.807) is 36.4 Å². The predicted molar refractivity (Wildman–Crippen MR) is 143 cm³/mol. The van der Waals surface area contributed by atoms with E-state index in [1.165, 1.54) is 11.3 Å². The van der Waals surface area contributed by atoms with Crippen LogP contribution in [0.3, 0.4) is 0 Å². The number of ether oxygens (including phenoxy) is 2. The summed E-state index contributed by atoms with van der Waals surface area (Å²) >= 11 is 1.27. The molecule has 2 saturated heterocycles. The summed E-state index contributed by atoms with van der Waals surface area (Å²) in [5.74, 6) is -0.429. The number of nitrogens with one attached hydrogen (secondary N) is 3. The first-order valence-electron chi connectivity index (χ1n) is 12.9. The zero-order valence-corrected chi connectivity index (χ0v) is 22.3. The quantitative estimate of drug-likeness (QED) is 0.481. The molecule has 0 spiro atoms. The van der Waals surface area contributed by atoms with Gasteiger partial charge in [0.05, 0.1) is 52.4 Å². The van der Waals surface area contributed by atoms with Crippen molar-refractivity contribution >= 4 is 40.4 Å². The standard InChI is InChI=1S/C26H29N7O5S/c1-37-14-15-4-3-9-33(15)30-25(35)19-8-7-18(39-19)23-21-22(28-29-23)16-5-2-6-17(20(16)24(21)34)27-26(36)31-32-10-12-38-13-11-32/h2,5-8,15,22H,3-4,9-14H2,1H3,(H,30,35)(H2,27,31,36)/t15-,22?/m1/s1. The van der Waals surface area contributed by atoms with E-state index in [0.717, 1.165) is 19.4 Å². The number of hydrogen-bond donors (Lipinski definition) is 3. The minimum atomic E-state index is -0.537. The van der Waals surface area contributed by atoms with Gasteiger partial charge in [0.15, 0.2) is 5.78 Å². The van der Waals surface area contributed by atoms with Crippen molar-refractivity contribution in [3.8, 4) is 0 Å². The highest BCUT2D eigenvalue weighted by Crippen LogP contribution is 2.49. The highest BCUT2D eigenvalue weighted by molar-refractivity contribution is 7.15. The van der Waals surface area contributed by atoms with Crippen LogP contribution in [-0.4, -0.2) is 80.3 Å². The van der Waals surface area contributed by atoms with Crippen LogP contribution in [0, 0.1) is 0 Å². The third-order valence-corrected chi connectivity index (χ3v) is 8.32. The Labute approximate surface area is 229 Å². The average Bonchev–Trinajstić information content (AvgIpc) is 3.72. The number of nitrogens with zero attached hydrogens (tertiary/aromatic N) is 4. The van der Waals surface area contributed by atoms with Gasteiger partial charge in [-0.05, 0) is 36.6 Å². The topological polar surface area (TPSA) is 137 Å². The smallest absolute Gasteiger partial charge is 0.333 e. The van der Waals surface area contributed by atoms with Gasteiger partial charge in [-0.2, -0.15) is 10.2 Å². The van der Waals surface area contributed by atoms with E-state index < -0.39 is 12.1 Å². The lowest BCUT2D eigenvalue weighted by molar-refractivity contribution is 0.0207. The molecule has 1 aliphatic carbocycles. The number of thiophene rings is 1. The van der Waals surface area contributed by atoms with Crippen LogP contribution >= 0.6 is 11.3 Å². The van der Waals surface area contributed by atoms with Crippen molar-refractivity contribution in [2.45, 2.75) is 24.9 Å². The molecule has 13 heteroatoms. The summed E-state index contributed by atoms with van der Waals surface area (Å²) in [6.07, 6.45) is 1.96. The lowest BCUT2D eigenvalue weighted by atomic mass is 10.1. The molecule has 204 valence electrons. The lowest BCUT2D eigenvalue weighted by Crippen LogP contribution is -2.49. The van der Waals surface area contributed by atoms with Gasteiger partial charge in [0.2, 0.25) is 0 Å². The maximum atomic E-state index is 13.7. The van der Waals surface area contributed by atoms with Crippen LogP contribution in [0.4, 0.5) is 10.5 Å². The number of fused-ring (bicyclic) bond motifs is 3. The Hall–Kier alpha value is -3.49. The fraction of sp³-hybridized carbons (Fsp3) is 0.423. The molecular formula is C26H29N7O5S. The first kappa shape index (κ1) is 25.8. The van der Waals surface area contributed by atoms with Gasteiger partial charge in [-0.25, -0.2) is 14.8 Å². The van der Waals surface area contributed by atoms with E-state index in [9.17, 15) is 14.4 Å². The van der Waals surface area contributed by atoms with Crippen LogP contribution in [0.15, 0.2) is 46.1 Å². The molecule has 0 saturated carbocycles. The molecule has 2 fully saturated rings. The highest BCUT2D eigenvalue weighted by atomic mass is 32.1. The Morgan fingerprint density at radius 2 is 2.00 bits per heavy atom. The molecule has 3 amide bonds. The maximum Gasteiger partial charge on any atom is 0.333 e. The van der Waals surface area contributed by atoms with Crippen LogP contribution in [-0.2, 0) is 9.47 Å². The molecule has 1 aromatic heterocycles. The van der Waals surface area contributed by atoms with Crippen LogP contribution in [0.1, 0.15) is 49.4 Å². The minimum absolute atomic E-state index is 0.154. The fourth-order valence-corrected chi connectivity index (χ4v) is 6.26. The second-order valence-corrected chi connectivity index (χ2v) is 10.8. The molecule has 0 bridgehead atoms. The van der Waals surface area contributed by atoms with Gasteiger partial charge >= 0.3 is 6.03 Å². The number of anilines is 1. The number of urea groups is 1. The van der Waals surface area contributed by atoms with E-state index in [-0.39, 0.29) is 17.7 Å². The largest absolute Gasteiger partial charge is 0.383 e. The van der Waals surface area contributed by atoms with Gasteiger partial charge in [0, 0.05) is 26.7 Å². The monoisotopic (exact) mass is 551 g/mol. The number of benzene rings is 1. The van der Waals surface area contributed by atoms with Crippen LogP contribution in [0.25, 0.3) is 5.70 Å². The number of ketones is 1. The molecular weight excluding hydrogens is 522 g/mol. The predicted octanol–water partition coefficient (Wildman–Crippen LogP) is 2.99. The number of methoxy groups -OCH3 is 1. The average molecular weight is 552 g/mol. The van der Waals surface area contributed by atoms with Crippen molar-refractivity contribution in [1.29, 1.82) is 0 Å². The summed E-state index contributed by atoms with van der Waals surface area (Å²) in [4.78, 5) is 40.5. The summed E-state index contributed by atoms with van der Waals surface area (Å²) in [5.41, 5.74) is 8.25. The number of hydrazine groups is 2. The number of morpholine rings is 1. The second kappa shape index (κ2) is 10.9. The Bertz CT molecular complexity index is 1370. The number of azo groups is 1. The van der Waals surface area contributed by atoms with Crippen molar-refractivity contribution < 1.29 is 23.9 Å².